The van der Waals surface area contributed by atoms with E-state index in [1.807, 2.05) is 0 Å². The molecular formula is C19H20FN3O6S. The first kappa shape index (κ1) is 21.7. The summed E-state index contributed by atoms with van der Waals surface area (Å²) in [6.45, 7) is 0. The zero-order valence-electron chi connectivity index (χ0n) is 16.1. The molecule has 1 fully saturated rings. The minimum absolute atomic E-state index is 0.00240. The summed E-state index contributed by atoms with van der Waals surface area (Å²) in [6, 6.07) is 6.63. The normalized spacial score (nSPS) is 14.5. The molecule has 0 aliphatic heterocycles. The number of rotatable bonds is 7. The van der Waals surface area contributed by atoms with Crippen molar-refractivity contribution in [2.45, 2.75) is 36.6 Å². The number of ether oxygens (including phenoxy) is 1. The first-order chi connectivity index (χ1) is 14.2. The quantitative estimate of drug-likeness (QED) is 0.506. The fourth-order valence-corrected chi connectivity index (χ4v) is 4.79. The maximum absolute atomic E-state index is 13.5. The second-order valence-electron chi connectivity index (χ2n) is 6.85. The van der Waals surface area contributed by atoms with Crippen LogP contribution in [0, 0.1) is 15.9 Å². The summed E-state index contributed by atoms with van der Waals surface area (Å²) in [5.74, 6) is -1.67. The Hall–Kier alpha value is -3.05. The van der Waals surface area contributed by atoms with E-state index in [2.05, 4.69) is 10.0 Å². The zero-order chi connectivity index (χ0) is 21.9. The standard InChI is InChI=1S/C19H20FN3O6S/c1-29-17-9-6-12(10-18(17)30(27,28)22-13-4-2-3-5-13)19(24)21-14-7-8-15(20)16(11-14)23(25)26/h6-11,13,22H,2-5H2,1H3,(H,21,24). The van der Waals surface area contributed by atoms with Crippen molar-refractivity contribution in [2.24, 2.45) is 0 Å². The lowest BCUT2D eigenvalue weighted by molar-refractivity contribution is -0.387. The molecule has 9 nitrogen and oxygen atoms in total. The summed E-state index contributed by atoms with van der Waals surface area (Å²) in [4.78, 5) is 22.3. The van der Waals surface area contributed by atoms with Crippen LogP contribution < -0.4 is 14.8 Å². The number of benzene rings is 2. The van der Waals surface area contributed by atoms with Crippen molar-refractivity contribution in [1.82, 2.24) is 4.72 Å². The van der Waals surface area contributed by atoms with Crippen molar-refractivity contribution >= 4 is 27.3 Å². The van der Waals surface area contributed by atoms with Crippen LogP contribution in [0.2, 0.25) is 0 Å². The number of carbonyl (C=O) groups excluding carboxylic acids is 1. The number of amides is 1. The molecule has 160 valence electrons. The summed E-state index contributed by atoms with van der Waals surface area (Å²) < 4.78 is 46.9. The predicted octanol–water partition coefficient (Wildman–Crippen LogP) is 3.22. The van der Waals surface area contributed by atoms with E-state index in [4.69, 9.17) is 4.74 Å². The van der Waals surface area contributed by atoms with Crippen LogP contribution in [-0.2, 0) is 10.0 Å². The van der Waals surface area contributed by atoms with Crippen LogP contribution in [0.5, 0.6) is 5.75 Å². The highest BCUT2D eigenvalue weighted by Gasteiger charge is 2.27. The fourth-order valence-electron chi connectivity index (χ4n) is 3.29. The zero-order valence-corrected chi connectivity index (χ0v) is 16.9. The molecule has 0 spiro atoms. The van der Waals surface area contributed by atoms with E-state index in [1.165, 1.54) is 31.4 Å². The Labute approximate surface area is 172 Å². The molecule has 0 saturated heterocycles. The number of nitro groups is 1. The van der Waals surface area contributed by atoms with Crippen LogP contribution in [0.1, 0.15) is 36.0 Å². The lowest BCUT2D eigenvalue weighted by Crippen LogP contribution is -2.33. The van der Waals surface area contributed by atoms with Crippen molar-refractivity contribution in [1.29, 1.82) is 0 Å². The van der Waals surface area contributed by atoms with Crippen LogP contribution in [0.3, 0.4) is 0 Å². The van der Waals surface area contributed by atoms with E-state index >= 15 is 0 Å². The predicted molar refractivity (Wildman–Crippen MR) is 107 cm³/mol. The Morgan fingerprint density at radius 3 is 2.53 bits per heavy atom. The van der Waals surface area contributed by atoms with Gasteiger partial charge in [0.2, 0.25) is 15.8 Å². The highest BCUT2D eigenvalue weighted by atomic mass is 32.2. The summed E-state index contributed by atoms with van der Waals surface area (Å²) in [5.41, 5.74) is -0.793. The monoisotopic (exact) mass is 437 g/mol. The molecule has 0 radical (unpaired) electrons. The van der Waals surface area contributed by atoms with Gasteiger partial charge >= 0.3 is 5.69 Å². The SMILES string of the molecule is COc1ccc(C(=O)Nc2ccc(F)c([N+](=O)[O-])c2)cc1S(=O)(=O)NC1CCCC1. The van der Waals surface area contributed by atoms with Gasteiger partial charge in [0, 0.05) is 23.4 Å². The van der Waals surface area contributed by atoms with E-state index in [-0.39, 0.29) is 27.9 Å². The molecule has 0 unspecified atom stereocenters. The minimum Gasteiger partial charge on any atom is -0.495 e. The number of hydrogen-bond donors (Lipinski definition) is 2. The second kappa shape index (κ2) is 8.76. The Morgan fingerprint density at radius 2 is 1.90 bits per heavy atom. The van der Waals surface area contributed by atoms with E-state index in [0.717, 1.165) is 37.8 Å². The third-order valence-electron chi connectivity index (χ3n) is 4.79. The van der Waals surface area contributed by atoms with Gasteiger partial charge in [-0.3, -0.25) is 14.9 Å². The van der Waals surface area contributed by atoms with Gasteiger partial charge in [0.25, 0.3) is 5.91 Å². The number of nitro benzene ring substituents is 1. The van der Waals surface area contributed by atoms with E-state index < -0.39 is 32.4 Å². The van der Waals surface area contributed by atoms with Gasteiger partial charge in [-0.15, -0.1) is 0 Å². The van der Waals surface area contributed by atoms with Crippen LogP contribution >= 0.6 is 0 Å². The smallest absolute Gasteiger partial charge is 0.306 e. The average Bonchev–Trinajstić information content (AvgIpc) is 3.21. The van der Waals surface area contributed by atoms with Crippen molar-refractivity contribution in [2.75, 3.05) is 12.4 Å². The highest BCUT2D eigenvalue weighted by molar-refractivity contribution is 7.89. The van der Waals surface area contributed by atoms with Crippen molar-refractivity contribution in [3.05, 3.63) is 57.9 Å². The number of hydrogen-bond acceptors (Lipinski definition) is 6. The molecule has 2 aromatic rings. The number of nitrogens with zero attached hydrogens (tertiary/aromatic N) is 1. The topological polar surface area (TPSA) is 128 Å². The Kier molecular flexibility index (Phi) is 6.32. The van der Waals surface area contributed by atoms with Crippen molar-refractivity contribution in [3.8, 4) is 5.75 Å². The molecule has 1 aliphatic rings. The molecular weight excluding hydrogens is 417 g/mol. The molecule has 1 aliphatic carbocycles. The van der Waals surface area contributed by atoms with Gasteiger partial charge in [-0.05, 0) is 43.2 Å². The number of nitrogens with one attached hydrogen (secondary N) is 2. The van der Waals surface area contributed by atoms with Crippen molar-refractivity contribution in [3.63, 3.8) is 0 Å². The Balaban J connectivity index is 1.87. The third-order valence-corrected chi connectivity index (χ3v) is 6.33. The van der Waals surface area contributed by atoms with Gasteiger partial charge in [-0.2, -0.15) is 4.39 Å². The van der Waals surface area contributed by atoms with Crippen LogP contribution in [0.4, 0.5) is 15.8 Å². The molecule has 3 rings (SSSR count). The average molecular weight is 437 g/mol. The summed E-state index contributed by atoms with van der Waals surface area (Å²) in [6.07, 6.45) is 3.36. The lowest BCUT2D eigenvalue weighted by atomic mass is 10.2. The second-order valence-corrected chi connectivity index (χ2v) is 8.53. The first-order valence-electron chi connectivity index (χ1n) is 9.17. The Bertz CT molecular complexity index is 1080. The van der Waals surface area contributed by atoms with Gasteiger partial charge in [0.15, 0.2) is 0 Å². The number of carbonyl (C=O) groups is 1. The molecule has 1 saturated carbocycles. The van der Waals surface area contributed by atoms with E-state index in [0.29, 0.717) is 0 Å². The summed E-state index contributed by atoms with van der Waals surface area (Å²) in [5, 5.41) is 13.3. The minimum atomic E-state index is -3.93. The van der Waals surface area contributed by atoms with Crippen molar-refractivity contribution < 1.29 is 27.3 Å². The molecule has 0 atom stereocenters. The molecule has 2 N–H and O–H groups in total. The van der Waals surface area contributed by atoms with E-state index in [1.54, 1.807) is 0 Å². The van der Waals surface area contributed by atoms with Gasteiger partial charge in [0.05, 0.1) is 12.0 Å². The molecule has 0 aromatic heterocycles. The fraction of sp³-hybridized carbons (Fsp3) is 0.316. The van der Waals surface area contributed by atoms with Gasteiger partial charge in [-0.1, -0.05) is 12.8 Å². The Morgan fingerprint density at radius 1 is 1.20 bits per heavy atom. The molecule has 1 amide bonds. The number of anilines is 1. The molecule has 0 bridgehead atoms. The maximum Gasteiger partial charge on any atom is 0.306 e. The largest absolute Gasteiger partial charge is 0.495 e. The maximum atomic E-state index is 13.5. The van der Waals surface area contributed by atoms with Gasteiger partial charge in [0.1, 0.15) is 10.6 Å². The van der Waals surface area contributed by atoms with Crippen LogP contribution in [0.15, 0.2) is 41.3 Å². The lowest BCUT2D eigenvalue weighted by Gasteiger charge is -2.16. The molecule has 11 heteroatoms. The molecule has 0 heterocycles. The number of methoxy groups -OCH3 is 1. The highest BCUT2D eigenvalue weighted by Crippen LogP contribution is 2.28. The number of halogens is 1. The molecule has 30 heavy (non-hydrogen) atoms. The van der Waals surface area contributed by atoms with Gasteiger partial charge < -0.3 is 10.1 Å². The number of sulfonamides is 1. The van der Waals surface area contributed by atoms with Crippen LogP contribution in [0.25, 0.3) is 0 Å². The molecule has 2 aromatic carbocycles. The summed E-state index contributed by atoms with van der Waals surface area (Å²) >= 11 is 0. The summed E-state index contributed by atoms with van der Waals surface area (Å²) in [7, 11) is -2.61. The first-order valence-corrected chi connectivity index (χ1v) is 10.7. The van der Waals surface area contributed by atoms with Crippen LogP contribution in [-0.4, -0.2) is 32.4 Å². The third kappa shape index (κ3) is 4.74. The van der Waals surface area contributed by atoms with E-state index in [9.17, 15) is 27.7 Å². The van der Waals surface area contributed by atoms with Gasteiger partial charge in [-0.25, -0.2) is 13.1 Å².